The average molecular weight is 335 g/mol. The number of rotatable bonds is 7. The van der Waals surface area contributed by atoms with Crippen molar-refractivity contribution in [3.05, 3.63) is 58.3 Å². The van der Waals surface area contributed by atoms with Crippen molar-refractivity contribution < 1.29 is 4.74 Å². The van der Waals surface area contributed by atoms with E-state index in [0.717, 1.165) is 42.0 Å². The van der Waals surface area contributed by atoms with Crippen molar-refractivity contribution in [1.29, 1.82) is 0 Å². The lowest BCUT2D eigenvalue weighted by Crippen LogP contribution is -2.13. The number of halogens is 1. The van der Waals surface area contributed by atoms with Crippen molar-refractivity contribution in [1.82, 2.24) is 10.3 Å². The normalized spacial score (nSPS) is 10.5. The molecule has 20 heavy (non-hydrogen) atoms. The van der Waals surface area contributed by atoms with Gasteiger partial charge < -0.3 is 10.1 Å². The molecule has 106 valence electrons. The minimum atomic E-state index is 0.746. The van der Waals surface area contributed by atoms with Crippen LogP contribution in [0.3, 0.4) is 0 Å². The summed E-state index contributed by atoms with van der Waals surface area (Å²) in [6, 6.07) is 12.1. The molecule has 0 aliphatic heterocycles. The van der Waals surface area contributed by atoms with Gasteiger partial charge in [0.2, 0.25) is 0 Å². The summed E-state index contributed by atoms with van der Waals surface area (Å²) < 4.78 is 6.64. The molecule has 0 aliphatic carbocycles. The average Bonchev–Trinajstić information content (AvgIpc) is 2.47. The number of benzene rings is 1. The minimum Gasteiger partial charge on any atom is -0.492 e. The lowest BCUT2D eigenvalue weighted by molar-refractivity contribution is 0.315. The Balaban J connectivity index is 1.85. The highest BCUT2D eigenvalue weighted by atomic mass is 79.9. The van der Waals surface area contributed by atoms with Crippen molar-refractivity contribution >= 4 is 15.9 Å². The largest absolute Gasteiger partial charge is 0.492 e. The van der Waals surface area contributed by atoms with Crippen LogP contribution < -0.4 is 10.1 Å². The smallest absolute Gasteiger partial charge is 0.133 e. The molecule has 2 rings (SSSR count). The maximum atomic E-state index is 5.64. The molecule has 0 fully saturated rings. The molecule has 0 atom stereocenters. The number of aromatic nitrogens is 1. The van der Waals surface area contributed by atoms with Gasteiger partial charge in [-0.2, -0.15) is 0 Å². The molecule has 0 bridgehead atoms. The van der Waals surface area contributed by atoms with Crippen molar-refractivity contribution in [2.75, 3.05) is 6.61 Å². The first-order valence-corrected chi connectivity index (χ1v) is 7.60. The van der Waals surface area contributed by atoms with Gasteiger partial charge >= 0.3 is 0 Å². The molecule has 0 spiro atoms. The van der Waals surface area contributed by atoms with E-state index in [1.807, 2.05) is 30.5 Å². The fourth-order valence-corrected chi connectivity index (χ4v) is 2.36. The summed E-state index contributed by atoms with van der Waals surface area (Å²) in [5.41, 5.74) is 2.27. The fraction of sp³-hybridized carbons (Fsp3) is 0.312. The van der Waals surface area contributed by atoms with Crippen LogP contribution in [-0.4, -0.2) is 11.6 Å². The Kier molecular flexibility index (Phi) is 6.02. The number of nitrogens with one attached hydrogen (secondary N) is 1. The number of ether oxygens (including phenoxy) is 1. The van der Waals surface area contributed by atoms with Gasteiger partial charge in [-0.25, -0.2) is 0 Å². The predicted octanol–water partition coefficient (Wildman–Crippen LogP) is 3.92. The summed E-state index contributed by atoms with van der Waals surface area (Å²) in [5, 5.41) is 3.38. The molecule has 1 aromatic carbocycles. The third-order valence-corrected chi connectivity index (χ3v) is 3.44. The molecule has 4 heteroatoms. The third kappa shape index (κ3) is 4.62. The summed E-state index contributed by atoms with van der Waals surface area (Å²) in [7, 11) is 0. The zero-order chi connectivity index (χ0) is 14.2. The van der Waals surface area contributed by atoms with Crippen molar-refractivity contribution in [2.45, 2.75) is 26.4 Å². The first-order chi connectivity index (χ1) is 9.79. The molecule has 3 nitrogen and oxygen atoms in total. The number of hydrogen-bond acceptors (Lipinski definition) is 3. The van der Waals surface area contributed by atoms with E-state index in [2.05, 4.69) is 45.3 Å². The van der Waals surface area contributed by atoms with Gasteiger partial charge in [0.15, 0.2) is 0 Å². The highest BCUT2D eigenvalue weighted by Gasteiger charge is 2.02. The molecule has 0 unspecified atom stereocenters. The number of nitrogens with zero attached hydrogens (tertiary/aromatic N) is 1. The van der Waals surface area contributed by atoms with E-state index in [9.17, 15) is 0 Å². The van der Waals surface area contributed by atoms with Gasteiger partial charge in [-0.1, -0.05) is 19.1 Å². The van der Waals surface area contributed by atoms with Crippen LogP contribution in [-0.2, 0) is 13.1 Å². The van der Waals surface area contributed by atoms with E-state index in [0.29, 0.717) is 0 Å². The van der Waals surface area contributed by atoms with Gasteiger partial charge in [-0.05, 0) is 52.2 Å². The second-order valence-electron chi connectivity index (χ2n) is 4.54. The standard InChI is InChI=1S/C16H19BrN2O/c1-2-9-20-16-7-6-13(10-15(16)17)11-18-12-14-5-3-4-8-19-14/h3-8,10,18H,2,9,11-12H2,1H3. The number of pyridine rings is 1. The van der Waals surface area contributed by atoms with Crippen LogP contribution >= 0.6 is 15.9 Å². The Hall–Kier alpha value is -1.39. The predicted molar refractivity (Wildman–Crippen MR) is 84.7 cm³/mol. The van der Waals surface area contributed by atoms with Gasteiger partial charge in [0.05, 0.1) is 16.8 Å². The lowest BCUT2D eigenvalue weighted by Gasteiger charge is -2.09. The van der Waals surface area contributed by atoms with Crippen molar-refractivity contribution in [3.63, 3.8) is 0 Å². The molecule has 1 heterocycles. The van der Waals surface area contributed by atoms with Crippen LogP contribution in [0, 0.1) is 0 Å². The summed E-state index contributed by atoms with van der Waals surface area (Å²) in [4.78, 5) is 4.28. The highest BCUT2D eigenvalue weighted by molar-refractivity contribution is 9.10. The quantitative estimate of drug-likeness (QED) is 0.833. The second-order valence-corrected chi connectivity index (χ2v) is 5.39. The molecular weight excluding hydrogens is 316 g/mol. The SMILES string of the molecule is CCCOc1ccc(CNCc2ccccn2)cc1Br. The van der Waals surface area contributed by atoms with Crippen LogP contribution in [0.15, 0.2) is 47.1 Å². The lowest BCUT2D eigenvalue weighted by atomic mass is 10.2. The second kappa shape index (κ2) is 8.02. The van der Waals surface area contributed by atoms with E-state index < -0.39 is 0 Å². The zero-order valence-corrected chi connectivity index (χ0v) is 13.2. The molecule has 0 amide bonds. The topological polar surface area (TPSA) is 34.1 Å². The Morgan fingerprint density at radius 3 is 2.80 bits per heavy atom. The van der Waals surface area contributed by atoms with Gasteiger partial charge in [-0.15, -0.1) is 0 Å². The first-order valence-electron chi connectivity index (χ1n) is 6.81. The first kappa shape index (κ1) is 15.0. The summed E-state index contributed by atoms with van der Waals surface area (Å²) >= 11 is 3.55. The molecular formula is C16H19BrN2O. The van der Waals surface area contributed by atoms with E-state index in [4.69, 9.17) is 4.74 Å². The minimum absolute atomic E-state index is 0.746. The zero-order valence-electron chi connectivity index (χ0n) is 11.6. The van der Waals surface area contributed by atoms with Crippen LogP contribution in [0.2, 0.25) is 0 Å². The van der Waals surface area contributed by atoms with Gasteiger partial charge in [0, 0.05) is 19.3 Å². The summed E-state index contributed by atoms with van der Waals surface area (Å²) in [6.45, 7) is 4.43. The summed E-state index contributed by atoms with van der Waals surface area (Å²) in [5.74, 6) is 0.903. The molecule has 2 aromatic rings. The Bertz CT molecular complexity index is 531. The molecule has 0 radical (unpaired) electrons. The van der Waals surface area contributed by atoms with Crippen LogP contribution in [0.4, 0.5) is 0 Å². The fourth-order valence-electron chi connectivity index (χ4n) is 1.82. The molecule has 0 saturated heterocycles. The van der Waals surface area contributed by atoms with Crippen LogP contribution in [0.25, 0.3) is 0 Å². The Labute approximate surface area is 128 Å². The number of hydrogen-bond donors (Lipinski definition) is 1. The van der Waals surface area contributed by atoms with E-state index in [1.54, 1.807) is 0 Å². The van der Waals surface area contributed by atoms with Crippen molar-refractivity contribution in [2.24, 2.45) is 0 Å². The molecule has 1 N–H and O–H groups in total. The summed E-state index contributed by atoms with van der Waals surface area (Å²) in [6.07, 6.45) is 2.83. The van der Waals surface area contributed by atoms with E-state index in [1.165, 1.54) is 5.56 Å². The van der Waals surface area contributed by atoms with E-state index in [-0.39, 0.29) is 0 Å². The Morgan fingerprint density at radius 2 is 2.10 bits per heavy atom. The van der Waals surface area contributed by atoms with Crippen LogP contribution in [0.5, 0.6) is 5.75 Å². The monoisotopic (exact) mass is 334 g/mol. The third-order valence-electron chi connectivity index (χ3n) is 2.82. The van der Waals surface area contributed by atoms with Gasteiger partial charge in [0.25, 0.3) is 0 Å². The maximum absolute atomic E-state index is 5.64. The molecule has 0 aliphatic rings. The maximum Gasteiger partial charge on any atom is 0.133 e. The van der Waals surface area contributed by atoms with Crippen molar-refractivity contribution in [3.8, 4) is 5.75 Å². The van der Waals surface area contributed by atoms with Crippen LogP contribution in [0.1, 0.15) is 24.6 Å². The van der Waals surface area contributed by atoms with Gasteiger partial charge in [-0.3, -0.25) is 4.98 Å². The highest BCUT2D eigenvalue weighted by Crippen LogP contribution is 2.26. The van der Waals surface area contributed by atoms with Gasteiger partial charge in [0.1, 0.15) is 5.75 Å². The van der Waals surface area contributed by atoms with E-state index >= 15 is 0 Å². The Morgan fingerprint density at radius 1 is 1.20 bits per heavy atom. The molecule has 1 aromatic heterocycles. The molecule has 0 saturated carbocycles.